The molecule has 0 fully saturated rings. The molecule has 0 aliphatic heterocycles. The number of halogens is 1. The smallest absolute Gasteiger partial charge is 0.222 e. The fourth-order valence-electron chi connectivity index (χ4n) is 3.08. The van der Waals surface area contributed by atoms with Crippen molar-refractivity contribution in [1.29, 1.82) is 0 Å². The Kier molecular flexibility index (Phi) is 7.26. The SMILES string of the molecule is CN(CCCc1cc(-c2ccccc2)no1)C(=O)CCCc1ccc(Cl)cc1. The maximum atomic E-state index is 12.3. The largest absolute Gasteiger partial charge is 0.361 e. The number of carbonyl (C=O) groups excluding carboxylic acids is 1. The molecule has 0 bridgehead atoms. The van der Waals surface area contributed by atoms with Gasteiger partial charge in [0.05, 0.1) is 0 Å². The number of rotatable bonds is 9. The zero-order valence-electron chi connectivity index (χ0n) is 16.1. The Balaban J connectivity index is 1.37. The van der Waals surface area contributed by atoms with E-state index in [9.17, 15) is 4.79 Å². The van der Waals surface area contributed by atoms with Crippen LogP contribution < -0.4 is 0 Å². The number of carbonyl (C=O) groups is 1. The third kappa shape index (κ3) is 5.96. The lowest BCUT2D eigenvalue weighted by atomic mass is 10.1. The van der Waals surface area contributed by atoms with Crippen LogP contribution in [0.2, 0.25) is 5.02 Å². The Morgan fingerprint density at radius 2 is 1.79 bits per heavy atom. The highest BCUT2D eigenvalue weighted by atomic mass is 35.5. The standard InChI is InChI=1S/C23H25ClN2O2/c1-26(23(27)11-5-7-18-12-14-20(24)15-13-18)16-6-10-21-17-22(25-28-21)19-8-3-2-4-9-19/h2-4,8-9,12-15,17H,5-7,10-11,16H2,1H3. The molecule has 0 aliphatic carbocycles. The number of hydrogen-bond donors (Lipinski definition) is 0. The van der Waals surface area contributed by atoms with E-state index in [1.54, 1.807) is 4.90 Å². The van der Waals surface area contributed by atoms with Gasteiger partial charge in [-0.25, -0.2) is 0 Å². The molecule has 1 aromatic heterocycles. The summed E-state index contributed by atoms with van der Waals surface area (Å²) in [6, 6.07) is 19.7. The Labute approximate surface area is 171 Å². The van der Waals surface area contributed by atoms with Gasteiger partial charge in [0, 0.05) is 43.1 Å². The molecule has 0 N–H and O–H groups in total. The number of hydrogen-bond acceptors (Lipinski definition) is 3. The third-order valence-corrected chi connectivity index (χ3v) is 4.99. The first-order chi connectivity index (χ1) is 13.6. The highest BCUT2D eigenvalue weighted by Gasteiger charge is 2.10. The average Bonchev–Trinajstić information content (AvgIpc) is 3.19. The first-order valence-corrected chi connectivity index (χ1v) is 9.99. The molecule has 4 nitrogen and oxygen atoms in total. The van der Waals surface area contributed by atoms with Crippen LogP contribution in [0.25, 0.3) is 11.3 Å². The van der Waals surface area contributed by atoms with Crippen LogP contribution in [-0.2, 0) is 17.6 Å². The molecule has 0 saturated heterocycles. The van der Waals surface area contributed by atoms with Crippen LogP contribution in [0.15, 0.2) is 65.2 Å². The second kappa shape index (κ2) is 10.1. The molecule has 0 spiro atoms. The summed E-state index contributed by atoms with van der Waals surface area (Å²) in [5.41, 5.74) is 3.10. The molecule has 28 heavy (non-hydrogen) atoms. The topological polar surface area (TPSA) is 46.3 Å². The summed E-state index contributed by atoms with van der Waals surface area (Å²) in [5.74, 6) is 1.03. The van der Waals surface area contributed by atoms with E-state index in [1.807, 2.05) is 67.7 Å². The normalized spacial score (nSPS) is 10.8. The number of benzene rings is 2. The van der Waals surface area contributed by atoms with E-state index < -0.39 is 0 Å². The number of aryl methyl sites for hydroxylation is 2. The molecule has 146 valence electrons. The van der Waals surface area contributed by atoms with Crippen molar-refractivity contribution in [3.05, 3.63) is 77.0 Å². The lowest BCUT2D eigenvalue weighted by Gasteiger charge is -2.16. The summed E-state index contributed by atoms with van der Waals surface area (Å²) in [6.45, 7) is 0.709. The Hall–Kier alpha value is -2.59. The van der Waals surface area contributed by atoms with Gasteiger partial charge in [-0.2, -0.15) is 0 Å². The van der Waals surface area contributed by atoms with Crippen LogP contribution in [0.3, 0.4) is 0 Å². The predicted molar refractivity (Wildman–Crippen MR) is 112 cm³/mol. The third-order valence-electron chi connectivity index (χ3n) is 4.74. The van der Waals surface area contributed by atoms with Gasteiger partial charge in [0.1, 0.15) is 11.5 Å². The Bertz CT molecular complexity index is 875. The fourth-order valence-corrected chi connectivity index (χ4v) is 3.20. The molecular weight excluding hydrogens is 372 g/mol. The molecule has 0 atom stereocenters. The minimum absolute atomic E-state index is 0.177. The molecule has 3 rings (SSSR count). The van der Waals surface area contributed by atoms with Crippen molar-refractivity contribution in [2.45, 2.75) is 32.1 Å². The first kappa shape index (κ1) is 20.2. The van der Waals surface area contributed by atoms with Gasteiger partial charge >= 0.3 is 0 Å². The van der Waals surface area contributed by atoms with Crippen LogP contribution >= 0.6 is 11.6 Å². The second-order valence-corrected chi connectivity index (χ2v) is 7.38. The average molecular weight is 397 g/mol. The van der Waals surface area contributed by atoms with Crippen molar-refractivity contribution in [3.63, 3.8) is 0 Å². The van der Waals surface area contributed by atoms with E-state index in [4.69, 9.17) is 16.1 Å². The van der Waals surface area contributed by atoms with E-state index in [0.717, 1.165) is 47.7 Å². The molecule has 0 unspecified atom stereocenters. The van der Waals surface area contributed by atoms with Gasteiger partial charge in [-0.3, -0.25) is 4.79 Å². The van der Waals surface area contributed by atoms with Crippen molar-refractivity contribution >= 4 is 17.5 Å². The number of aromatic nitrogens is 1. The minimum atomic E-state index is 0.177. The van der Waals surface area contributed by atoms with E-state index in [2.05, 4.69) is 5.16 Å². The van der Waals surface area contributed by atoms with Crippen molar-refractivity contribution in [1.82, 2.24) is 10.1 Å². The summed E-state index contributed by atoms with van der Waals surface area (Å²) in [4.78, 5) is 14.1. The summed E-state index contributed by atoms with van der Waals surface area (Å²) < 4.78 is 5.42. The van der Waals surface area contributed by atoms with Gasteiger partial charge < -0.3 is 9.42 Å². The Morgan fingerprint density at radius 1 is 1.04 bits per heavy atom. The molecule has 0 radical (unpaired) electrons. The van der Waals surface area contributed by atoms with Crippen LogP contribution in [-0.4, -0.2) is 29.6 Å². The molecule has 1 amide bonds. The molecule has 0 aliphatic rings. The second-order valence-electron chi connectivity index (χ2n) is 6.94. The summed E-state index contributed by atoms with van der Waals surface area (Å²) in [7, 11) is 1.86. The molecule has 5 heteroatoms. The number of nitrogens with zero attached hydrogens (tertiary/aromatic N) is 2. The van der Waals surface area contributed by atoms with E-state index in [0.29, 0.717) is 13.0 Å². The highest BCUT2D eigenvalue weighted by Crippen LogP contribution is 2.19. The first-order valence-electron chi connectivity index (χ1n) is 9.61. The lowest BCUT2D eigenvalue weighted by molar-refractivity contribution is -0.130. The summed E-state index contributed by atoms with van der Waals surface area (Å²) >= 11 is 5.89. The lowest BCUT2D eigenvalue weighted by Crippen LogP contribution is -2.27. The van der Waals surface area contributed by atoms with Crippen molar-refractivity contribution in [3.8, 4) is 11.3 Å². The van der Waals surface area contributed by atoms with Gasteiger partial charge in [0.25, 0.3) is 0 Å². The maximum Gasteiger partial charge on any atom is 0.222 e. The molecule has 0 saturated carbocycles. The van der Waals surface area contributed by atoms with E-state index in [1.165, 1.54) is 5.56 Å². The van der Waals surface area contributed by atoms with Gasteiger partial charge in [-0.05, 0) is 37.0 Å². The van der Waals surface area contributed by atoms with Gasteiger partial charge in [-0.1, -0.05) is 59.2 Å². The van der Waals surface area contributed by atoms with Gasteiger partial charge in [0.2, 0.25) is 5.91 Å². The molecule has 3 aromatic rings. The van der Waals surface area contributed by atoms with Gasteiger partial charge in [0.15, 0.2) is 0 Å². The van der Waals surface area contributed by atoms with Crippen LogP contribution in [0.1, 0.15) is 30.6 Å². The highest BCUT2D eigenvalue weighted by molar-refractivity contribution is 6.30. The minimum Gasteiger partial charge on any atom is -0.361 e. The quantitative estimate of drug-likeness (QED) is 0.485. The number of amides is 1. The zero-order valence-corrected chi connectivity index (χ0v) is 16.9. The fraction of sp³-hybridized carbons (Fsp3) is 0.304. The Morgan fingerprint density at radius 3 is 2.54 bits per heavy atom. The van der Waals surface area contributed by atoms with Crippen molar-refractivity contribution in [2.75, 3.05) is 13.6 Å². The molecule has 1 heterocycles. The molecule has 2 aromatic carbocycles. The van der Waals surface area contributed by atoms with Crippen LogP contribution in [0.5, 0.6) is 0 Å². The summed E-state index contributed by atoms with van der Waals surface area (Å²) in [6.07, 6.45) is 3.90. The van der Waals surface area contributed by atoms with E-state index >= 15 is 0 Å². The monoisotopic (exact) mass is 396 g/mol. The van der Waals surface area contributed by atoms with E-state index in [-0.39, 0.29) is 5.91 Å². The van der Waals surface area contributed by atoms with Crippen LogP contribution in [0.4, 0.5) is 0 Å². The summed E-state index contributed by atoms with van der Waals surface area (Å²) in [5, 5.41) is 4.87. The van der Waals surface area contributed by atoms with Crippen molar-refractivity contribution < 1.29 is 9.32 Å². The predicted octanol–water partition coefficient (Wildman–Crippen LogP) is 5.41. The van der Waals surface area contributed by atoms with Gasteiger partial charge in [-0.15, -0.1) is 0 Å². The zero-order chi connectivity index (χ0) is 19.8. The maximum absolute atomic E-state index is 12.3. The molecular formula is C23H25ClN2O2. The van der Waals surface area contributed by atoms with Crippen LogP contribution in [0, 0.1) is 0 Å². The van der Waals surface area contributed by atoms with Crippen molar-refractivity contribution in [2.24, 2.45) is 0 Å².